The molecule has 45 heavy (non-hydrogen) atoms. The summed E-state index contributed by atoms with van der Waals surface area (Å²) < 4.78 is 50.9. The van der Waals surface area contributed by atoms with Crippen LogP contribution in [-0.2, 0) is 26.3 Å². The largest absolute Gasteiger partial charge is 0.480 e. The van der Waals surface area contributed by atoms with Crippen molar-refractivity contribution in [3.63, 3.8) is 0 Å². The van der Waals surface area contributed by atoms with Gasteiger partial charge in [-0.3, -0.25) is 4.79 Å². The number of hydrogen-bond donors (Lipinski definition) is 3. The van der Waals surface area contributed by atoms with Gasteiger partial charge >= 0.3 is 0 Å². The van der Waals surface area contributed by atoms with Crippen molar-refractivity contribution in [3.05, 3.63) is 81.7 Å². The highest BCUT2D eigenvalue weighted by Gasteiger charge is 2.48. The second kappa shape index (κ2) is 12.4. The molecule has 2 aliphatic carbocycles. The summed E-state index contributed by atoms with van der Waals surface area (Å²) in [6.45, 7) is 4.61. The van der Waals surface area contributed by atoms with Gasteiger partial charge in [-0.05, 0) is 64.0 Å². The summed E-state index contributed by atoms with van der Waals surface area (Å²) in [6.07, 6.45) is 5.78. The fraction of sp³-hybridized carbons (Fsp3) is 0.514. The van der Waals surface area contributed by atoms with Gasteiger partial charge in [0.05, 0.1) is 23.3 Å². The van der Waals surface area contributed by atoms with Crippen molar-refractivity contribution in [3.8, 4) is 5.75 Å². The Morgan fingerprint density at radius 1 is 1.20 bits per heavy atom. The molecule has 242 valence electrons. The SMILES string of the molecule is CC1(OC[C@H]2CCCO2)C=CC(C(N)=O)=C(c2c(Cl)c(F)cc3c2C[C@@](CN[C@H]2CC[C@](C)(O)CC2)(c2ccccc2)O3)C1F. The van der Waals surface area contributed by atoms with E-state index in [0.29, 0.717) is 31.6 Å². The molecule has 1 saturated carbocycles. The highest BCUT2D eigenvalue weighted by molar-refractivity contribution is 6.33. The van der Waals surface area contributed by atoms with Crippen molar-refractivity contribution in [1.82, 2.24) is 5.32 Å². The summed E-state index contributed by atoms with van der Waals surface area (Å²) in [5, 5.41) is 13.8. The van der Waals surface area contributed by atoms with Crippen LogP contribution >= 0.6 is 11.6 Å². The molecule has 7 nitrogen and oxygen atoms in total. The van der Waals surface area contributed by atoms with Crippen molar-refractivity contribution in [2.75, 3.05) is 19.8 Å². The monoisotopic (exact) mass is 642 g/mol. The Kier molecular flexibility index (Phi) is 8.86. The number of alkyl halides is 1. The Labute approximate surface area is 267 Å². The molecule has 2 aliphatic heterocycles. The van der Waals surface area contributed by atoms with Gasteiger partial charge in [-0.2, -0.15) is 0 Å². The summed E-state index contributed by atoms with van der Waals surface area (Å²) >= 11 is 6.68. The van der Waals surface area contributed by atoms with Gasteiger partial charge < -0.3 is 30.4 Å². The predicted octanol–water partition coefficient (Wildman–Crippen LogP) is 5.69. The Bertz CT molecular complexity index is 1500. The molecule has 2 aromatic rings. The molecule has 10 heteroatoms. The molecule has 0 radical (unpaired) electrons. The average Bonchev–Trinajstić information content (AvgIpc) is 3.67. The number of nitrogens with one attached hydrogen (secondary N) is 1. The van der Waals surface area contributed by atoms with Gasteiger partial charge in [-0.1, -0.05) is 48.0 Å². The minimum absolute atomic E-state index is 0.0655. The highest BCUT2D eigenvalue weighted by atomic mass is 35.5. The van der Waals surface area contributed by atoms with Crippen LogP contribution < -0.4 is 15.8 Å². The molecule has 2 fully saturated rings. The molecule has 0 aromatic heterocycles. The quantitative estimate of drug-likeness (QED) is 0.325. The molecule has 1 amide bonds. The molecule has 2 aromatic carbocycles. The van der Waals surface area contributed by atoms with E-state index in [1.165, 1.54) is 18.2 Å². The van der Waals surface area contributed by atoms with E-state index in [-0.39, 0.29) is 52.7 Å². The fourth-order valence-corrected chi connectivity index (χ4v) is 7.34. The van der Waals surface area contributed by atoms with E-state index in [1.807, 2.05) is 37.3 Å². The first-order valence-electron chi connectivity index (χ1n) is 15.8. The maximum atomic E-state index is 16.9. The van der Waals surface area contributed by atoms with Crippen LogP contribution in [0.25, 0.3) is 5.57 Å². The first kappa shape index (κ1) is 32.1. The standard InChI is InChI=1S/C35H41ClF2N2O5/c1-33(42)13-10-22(11-14-33)40-20-35(21-7-4-3-5-8-21)18-25-27(45-35)17-26(37)30(36)28(25)29-24(32(39)41)12-15-34(2,31(29)38)44-19-23-9-6-16-43-23/h3-5,7-8,12,15,17,22-23,31,40,42H,6,9-11,13-14,16,18-20H2,1-2H3,(H2,39,41)/t22-,23-,31?,33-,34?,35-/m1/s1. The fourth-order valence-electron chi connectivity index (χ4n) is 7.07. The Morgan fingerprint density at radius 3 is 2.60 bits per heavy atom. The van der Waals surface area contributed by atoms with Gasteiger partial charge in [0.2, 0.25) is 5.91 Å². The number of carbonyl (C=O) groups excluding carboxylic acids is 1. The number of amides is 1. The van der Waals surface area contributed by atoms with E-state index in [0.717, 1.165) is 31.2 Å². The topological polar surface area (TPSA) is 103 Å². The summed E-state index contributed by atoms with van der Waals surface area (Å²) in [5.41, 5.74) is 3.84. The number of hydrogen-bond acceptors (Lipinski definition) is 6. The zero-order valence-electron chi connectivity index (χ0n) is 25.7. The third-order valence-electron chi connectivity index (χ3n) is 9.86. The molecule has 6 rings (SSSR count). The summed E-state index contributed by atoms with van der Waals surface area (Å²) in [4.78, 5) is 12.7. The van der Waals surface area contributed by atoms with E-state index >= 15 is 8.78 Å². The lowest BCUT2D eigenvalue weighted by Gasteiger charge is -2.37. The van der Waals surface area contributed by atoms with Gasteiger partial charge in [0.1, 0.15) is 17.2 Å². The van der Waals surface area contributed by atoms with Crippen LogP contribution in [0.4, 0.5) is 8.78 Å². The highest BCUT2D eigenvalue weighted by Crippen LogP contribution is 2.51. The van der Waals surface area contributed by atoms with Gasteiger partial charge in [0.25, 0.3) is 0 Å². The third kappa shape index (κ3) is 6.30. The molecule has 0 bridgehead atoms. The molecule has 4 N–H and O–H groups in total. The number of carbonyl (C=O) groups is 1. The van der Waals surface area contributed by atoms with Crippen molar-refractivity contribution in [2.24, 2.45) is 5.73 Å². The minimum atomic E-state index is -1.89. The van der Waals surface area contributed by atoms with Gasteiger partial charge in [-0.25, -0.2) is 8.78 Å². The Balaban J connectivity index is 1.38. The van der Waals surface area contributed by atoms with Gasteiger partial charge in [-0.15, -0.1) is 0 Å². The summed E-state index contributed by atoms with van der Waals surface area (Å²) in [5.74, 6) is -1.43. The molecular formula is C35H41ClF2N2O5. The molecule has 1 saturated heterocycles. The minimum Gasteiger partial charge on any atom is -0.480 e. The van der Waals surface area contributed by atoms with Crippen molar-refractivity contribution >= 4 is 23.1 Å². The summed E-state index contributed by atoms with van der Waals surface area (Å²) in [7, 11) is 0. The third-order valence-corrected chi connectivity index (χ3v) is 10.2. The van der Waals surface area contributed by atoms with Crippen LogP contribution in [0.15, 0.2) is 54.1 Å². The van der Waals surface area contributed by atoms with Crippen LogP contribution in [-0.4, -0.2) is 60.3 Å². The smallest absolute Gasteiger partial charge is 0.249 e. The number of primary amides is 1. The van der Waals surface area contributed by atoms with Crippen molar-refractivity contribution < 1.29 is 32.9 Å². The van der Waals surface area contributed by atoms with Crippen LogP contribution in [0.2, 0.25) is 5.02 Å². The number of benzene rings is 2. The maximum Gasteiger partial charge on any atom is 0.249 e. The number of nitrogens with two attached hydrogens (primary N) is 1. The zero-order valence-corrected chi connectivity index (χ0v) is 26.5. The van der Waals surface area contributed by atoms with E-state index < -0.39 is 34.7 Å². The van der Waals surface area contributed by atoms with Crippen LogP contribution in [0.5, 0.6) is 5.75 Å². The maximum absolute atomic E-state index is 16.9. The first-order chi connectivity index (χ1) is 21.4. The average molecular weight is 643 g/mol. The lowest BCUT2D eigenvalue weighted by atomic mass is 9.78. The number of fused-ring (bicyclic) bond motifs is 1. The summed E-state index contributed by atoms with van der Waals surface area (Å²) in [6, 6.07) is 11.0. The van der Waals surface area contributed by atoms with E-state index in [9.17, 15) is 9.90 Å². The molecule has 0 spiro atoms. The second-order valence-electron chi connectivity index (χ2n) is 13.3. The van der Waals surface area contributed by atoms with Crippen molar-refractivity contribution in [1.29, 1.82) is 0 Å². The van der Waals surface area contributed by atoms with E-state index in [1.54, 1.807) is 6.92 Å². The molecule has 2 heterocycles. The lowest BCUT2D eigenvalue weighted by molar-refractivity contribution is -0.114. The molecule has 4 aliphatic rings. The molecular weight excluding hydrogens is 602 g/mol. The predicted molar refractivity (Wildman–Crippen MR) is 168 cm³/mol. The van der Waals surface area contributed by atoms with E-state index in [4.69, 9.17) is 31.5 Å². The zero-order chi connectivity index (χ0) is 32.0. The van der Waals surface area contributed by atoms with Gasteiger partial charge in [0.15, 0.2) is 11.8 Å². The van der Waals surface area contributed by atoms with Crippen LogP contribution in [0.3, 0.4) is 0 Å². The Morgan fingerprint density at radius 2 is 1.93 bits per heavy atom. The number of rotatable bonds is 9. The number of aliphatic hydroxyl groups is 1. The Hall–Kier alpha value is -2.82. The normalized spacial score (nSPS) is 32.9. The second-order valence-corrected chi connectivity index (χ2v) is 13.7. The van der Waals surface area contributed by atoms with Crippen molar-refractivity contribution in [2.45, 2.75) is 93.9 Å². The van der Waals surface area contributed by atoms with E-state index in [2.05, 4.69) is 5.32 Å². The first-order valence-corrected chi connectivity index (χ1v) is 16.1. The van der Waals surface area contributed by atoms with Gasteiger partial charge in [0, 0.05) is 54.0 Å². The number of ether oxygens (including phenoxy) is 3. The number of halogens is 3. The molecule has 2 unspecified atom stereocenters. The van der Waals surface area contributed by atoms with Crippen LogP contribution in [0, 0.1) is 5.82 Å². The van der Waals surface area contributed by atoms with Crippen LogP contribution in [0.1, 0.15) is 69.1 Å². The lowest BCUT2D eigenvalue weighted by Crippen LogP contribution is -2.48. The molecule has 4 atom stereocenters.